The average molecular weight is 288 g/mol. The number of rotatable bonds is 2. The van der Waals surface area contributed by atoms with Crippen LogP contribution in [0.4, 0.5) is 0 Å². The molecule has 0 atom stereocenters. The van der Waals surface area contributed by atoms with Gasteiger partial charge in [0.1, 0.15) is 10.7 Å². The van der Waals surface area contributed by atoms with Crippen molar-refractivity contribution in [1.82, 2.24) is 0 Å². The molecule has 4 heteroatoms. The maximum absolute atomic E-state index is 5.71. The molecule has 1 aromatic carbocycles. The highest BCUT2D eigenvalue weighted by Crippen LogP contribution is 2.35. The molecule has 15 heavy (non-hydrogen) atoms. The monoisotopic (exact) mass is 287 g/mol. The minimum atomic E-state index is 0.369. The van der Waals surface area contributed by atoms with Crippen molar-refractivity contribution in [3.8, 4) is 5.75 Å². The van der Waals surface area contributed by atoms with Crippen LogP contribution >= 0.6 is 28.1 Å². The quantitative estimate of drug-likeness (QED) is 0.850. The smallest absolute Gasteiger partial charge is 0.132 e. The van der Waals surface area contributed by atoms with Gasteiger partial charge in [-0.2, -0.15) is 0 Å². The number of nitrogens with two attached hydrogens (primary N) is 1. The third-order valence-electron chi connectivity index (χ3n) is 2.61. The second-order valence-corrected chi connectivity index (χ2v) is 4.69. The van der Waals surface area contributed by atoms with Gasteiger partial charge in [-0.15, -0.1) is 0 Å². The Bertz CT molecular complexity index is 429. The fourth-order valence-corrected chi connectivity index (χ4v) is 2.38. The molecule has 0 saturated heterocycles. The molecule has 0 radical (unpaired) electrons. The predicted octanol–water partition coefficient (Wildman–Crippen LogP) is 3.02. The van der Waals surface area contributed by atoms with E-state index in [1.165, 1.54) is 0 Å². The zero-order chi connectivity index (χ0) is 11.7. The summed E-state index contributed by atoms with van der Waals surface area (Å²) in [5.41, 5.74) is 9.79. The lowest BCUT2D eigenvalue weighted by molar-refractivity contribution is 0.410. The molecule has 1 aromatic rings. The van der Waals surface area contributed by atoms with Crippen molar-refractivity contribution in [2.45, 2.75) is 20.8 Å². The lowest BCUT2D eigenvalue weighted by atomic mass is 9.99. The van der Waals surface area contributed by atoms with E-state index in [1.54, 1.807) is 7.11 Å². The van der Waals surface area contributed by atoms with Crippen LogP contribution in [0.1, 0.15) is 22.3 Å². The maximum Gasteiger partial charge on any atom is 0.132 e. The fraction of sp³-hybridized carbons (Fsp3) is 0.364. The van der Waals surface area contributed by atoms with Gasteiger partial charge >= 0.3 is 0 Å². The van der Waals surface area contributed by atoms with Crippen LogP contribution in [-0.4, -0.2) is 12.1 Å². The SMILES string of the molecule is COc1c(C)c(C)c(Br)c(C)c1C(N)=S. The van der Waals surface area contributed by atoms with Gasteiger partial charge in [-0.1, -0.05) is 28.1 Å². The predicted molar refractivity (Wildman–Crippen MR) is 70.8 cm³/mol. The molecule has 0 spiro atoms. The first-order valence-electron chi connectivity index (χ1n) is 4.54. The molecule has 0 unspecified atom stereocenters. The Morgan fingerprint density at radius 1 is 1.20 bits per heavy atom. The highest BCUT2D eigenvalue weighted by atomic mass is 79.9. The largest absolute Gasteiger partial charge is 0.496 e. The zero-order valence-electron chi connectivity index (χ0n) is 9.27. The normalized spacial score (nSPS) is 10.2. The Morgan fingerprint density at radius 3 is 2.13 bits per heavy atom. The van der Waals surface area contributed by atoms with E-state index in [2.05, 4.69) is 15.9 Å². The summed E-state index contributed by atoms with van der Waals surface area (Å²) >= 11 is 8.58. The first-order chi connectivity index (χ1) is 6.91. The summed E-state index contributed by atoms with van der Waals surface area (Å²) in [6.45, 7) is 6.02. The molecule has 0 aromatic heterocycles. The van der Waals surface area contributed by atoms with Crippen LogP contribution in [0.3, 0.4) is 0 Å². The lowest BCUT2D eigenvalue weighted by Crippen LogP contribution is -2.14. The van der Waals surface area contributed by atoms with Gasteiger partial charge in [-0.25, -0.2) is 0 Å². The Labute approximate surface area is 104 Å². The molecule has 0 amide bonds. The van der Waals surface area contributed by atoms with Gasteiger partial charge in [0, 0.05) is 4.47 Å². The van der Waals surface area contributed by atoms with Crippen LogP contribution in [0.15, 0.2) is 4.47 Å². The van der Waals surface area contributed by atoms with E-state index in [1.807, 2.05) is 20.8 Å². The van der Waals surface area contributed by atoms with Gasteiger partial charge in [0.25, 0.3) is 0 Å². The standard InChI is InChI=1S/C11H14BrNOS/c1-5-6(2)10(14-4)8(11(13)15)7(3)9(5)12/h1-4H3,(H2,13,15). The number of methoxy groups -OCH3 is 1. The van der Waals surface area contributed by atoms with Crippen LogP contribution in [0.25, 0.3) is 0 Å². The van der Waals surface area contributed by atoms with Gasteiger partial charge in [0.2, 0.25) is 0 Å². The molecule has 0 aliphatic heterocycles. The molecule has 2 N–H and O–H groups in total. The van der Waals surface area contributed by atoms with E-state index in [4.69, 9.17) is 22.7 Å². The van der Waals surface area contributed by atoms with E-state index in [9.17, 15) is 0 Å². The first-order valence-corrected chi connectivity index (χ1v) is 5.75. The van der Waals surface area contributed by atoms with Gasteiger partial charge in [0.15, 0.2) is 0 Å². The third kappa shape index (κ3) is 2.01. The highest BCUT2D eigenvalue weighted by molar-refractivity contribution is 9.10. The summed E-state index contributed by atoms with van der Waals surface area (Å²) in [7, 11) is 1.64. The van der Waals surface area contributed by atoms with Crippen LogP contribution in [0.2, 0.25) is 0 Å². The van der Waals surface area contributed by atoms with Crippen LogP contribution in [0, 0.1) is 20.8 Å². The molecule has 0 aliphatic carbocycles. The number of halogens is 1. The lowest BCUT2D eigenvalue weighted by Gasteiger charge is -2.17. The number of benzene rings is 1. The molecule has 0 aliphatic rings. The summed E-state index contributed by atoms with van der Waals surface area (Å²) in [4.78, 5) is 0.369. The van der Waals surface area contributed by atoms with Gasteiger partial charge in [0.05, 0.1) is 12.7 Å². The molecule has 2 nitrogen and oxygen atoms in total. The van der Waals surface area contributed by atoms with Crippen LogP contribution in [-0.2, 0) is 0 Å². The number of hydrogen-bond donors (Lipinski definition) is 1. The van der Waals surface area contributed by atoms with Crippen molar-refractivity contribution in [1.29, 1.82) is 0 Å². The number of thiocarbonyl (C=S) groups is 1. The summed E-state index contributed by atoms with van der Waals surface area (Å²) in [6.07, 6.45) is 0. The topological polar surface area (TPSA) is 35.2 Å². The minimum absolute atomic E-state index is 0.369. The number of ether oxygens (including phenoxy) is 1. The fourth-order valence-electron chi connectivity index (χ4n) is 1.64. The van der Waals surface area contributed by atoms with Crippen molar-refractivity contribution in [3.63, 3.8) is 0 Å². The Kier molecular flexibility index (Phi) is 3.73. The summed E-state index contributed by atoms with van der Waals surface area (Å²) < 4.78 is 6.41. The molecule has 0 saturated carbocycles. The van der Waals surface area contributed by atoms with Crippen LogP contribution in [0.5, 0.6) is 5.75 Å². The van der Waals surface area contributed by atoms with Crippen LogP contribution < -0.4 is 10.5 Å². The van der Waals surface area contributed by atoms with Crippen molar-refractivity contribution >= 4 is 33.1 Å². The van der Waals surface area contributed by atoms with Gasteiger partial charge in [-0.3, -0.25) is 0 Å². The van der Waals surface area contributed by atoms with E-state index in [-0.39, 0.29) is 0 Å². The molecular formula is C11H14BrNOS. The Hall–Kier alpha value is -0.610. The van der Waals surface area contributed by atoms with Crippen molar-refractivity contribution in [2.24, 2.45) is 5.73 Å². The molecule has 0 heterocycles. The van der Waals surface area contributed by atoms with Gasteiger partial charge in [-0.05, 0) is 37.5 Å². The van der Waals surface area contributed by atoms with E-state index in [0.717, 1.165) is 32.5 Å². The number of hydrogen-bond acceptors (Lipinski definition) is 2. The van der Waals surface area contributed by atoms with E-state index in [0.29, 0.717) is 4.99 Å². The summed E-state index contributed by atoms with van der Waals surface area (Å²) in [5, 5.41) is 0. The highest BCUT2D eigenvalue weighted by Gasteiger charge is 2.17. The minimum Gasteiger partial charge on any atom is -0.496 e. The molecule has 82 valence electrons. The van der Waals surface area contributed by atoms with E-state index < -0.39 is 0 Å². The zero-order valence-corrected chi connectivity index (χ0v) is 11.7. The second kappa shape index (κ2) is 4.49. The van der Waals surface area contributed by atoms with Gasteiger partial charge < -0.3 is 10.5 Å². The molecular weight excluding hydrogens is 274 g/mol. The summed E-state index contributed by atoms with van der Waals surface area (Å²) in [6, 6.07) is 0. The first kappa shape index (κ1) is 12.5. The van der Waals surface area contributed by atoms with Crippen molar-refractivity contribution in [2.75, 3.05) is 7.11 Å². The van der Waals surface area contributed by atoms with Crippen molar-refractivity contribution in [3.05, 3.63) is 26.7 Å². The average Bonchev–Trinajstić information content (AvgIpc) is 2.19. The maximum atomic E-state index is 5.71. The Balaban J connectivity index is 3.70. The third-order valence-corrected chi connectivity index (χ3v) is 4.01. The second-order valence-electron chi connectivity index (χ2n) is 3.46. The Morgan fingerprint density at radius 2 is 1.73 bits per heavy atom. The molecule has 0 bridgehead atoms. The molecule has 0 fully saturated rings. The van der Waals surface area contributed by atoms with E-state index >= 15 is 0 Å². The molecule has 1 rings (SSSR count). The summed E-state index contributed by atoms with van der Waals surface area (Å²) in [5.74, 6) is 0.778. The van der Waals surface area contributed by atoms with Crippen molar-refractivity contribution < 1.29 is 4.74 Å².